The number of rotatable bonds is 10. The molecule has 3 aliphatic rings. The first-order chi connectivity index (χ1) is 22.4. The van der Waals surface area contributed by atoms with Crippen LogP contribution < -0.4 is 15.0 Å². The third-order valence-corrected chi connectivity index (χ3v) is 10.0. The third kappa shape index (κ3) is 8.69. The summed E-state index contributed by atoms with van der Waals surface area (Å²) in [6.07, 6.45) is 8.78. The Balaban J connectivity index is 1.16. The molecule has 1 aromatic heterocycles. The van der Waals surface area contributed by atoms with Crippen molar-refractivity contribution in [1.29, 1.82) is 0 Å². The highest BCUT2D eigenvalue weighted by Gasteiger charge is 2.39. The van der Waals surface area contributed by atoms with E-state index in [1.54, 1.807) is 4.90 Å². The monoisotopic (exact) mass is 653 g/mol. The van der Waals surface area contributed by atoms with E-state index < -0.39 is 5.82 Å². The van der Waals surface area contributed by atoms with Crippen LogP contribution in [0.1, 0.15) is 96.8 Å². The first kappa shape index (κ1) is 34.8. The van der Waals surface area contributed by atoms with Crippen LogP contribution in [0.5, 0.6) is 11.6 Å². The third-order valence-electron chi connectivity index (χ3n) is 10.0. The molecule has 1 spiro atoms. The molecule has 3 fully saturated rings. The Labute approximate surface area is 278 Å². The van der Waals surface area contributed by atoms with Gasteiger partial charge in [0.15, 0.2) is 5.82 Å². The van der Waals surface area contributed by atoms with Crippen molar-refractivity contribution < 1.29 is 23.5 Å². The maximum atomic E-state index is 14.4. The van der Waals surface area contributed by atoms with Crippen LogP contribution in [0.4, 0.5) is 15.0 Å². The zero-order valence-electron chi connectivity index (χ0n) is 28.9. The second-order valence-corrected chi connectivity index (χ2v) is 14.5. The molecule has 1 N–H and O–H groups in total. The van der Waals surface area contributed by atoms with E-state index in [0.29, 0.717) is 17.2 Å². The summed E-state index contributed by atoms with van der Waals surface area (Å²) < 4.78 is 25.8. The number of carbonyl (C=O) groups is 2. The lowest BCUT2D eigenvalue weighted by atomic mass is 9.67. The second kappa shape index (κ2) is 15.1. The predicted molar refractivity (Wildman–Crippen MR) is 178 cm³/mol. The summed E-state index contributed by atoms with van der Waals surface area (Å²) >= 11 is 0. The molecule has 258 valence electrons. The molecule has 12 heteroatoms. The number of benzene rings is 1. The number of hydrogen-bond acceptors (Lipinski definition) is 9. The Morgan fingerprint density at radius 1 is 1.02 bits per heavy atom. The summed E-state index contributed by atoms with van der Waals surface area (Å²) in [5.74, 6) is 0.678. The minimum atomic E-state index is -0.509. The minimum absolute atomic E-state index is 0.0708. The summed E-state index contributed by atoms with van der Waals surface area (Å²) in [5, 5.41) is 11.3. The van der Waals surface area contributed by atoms with Crippen molar-refractivity contribution in [2.24, 2.45) is 11.3 Å². The highest BCUT2D eigenvalue weighted by Crippen LogP contribution is 2.45. The van der Waals surface area contributed by atoms with Crippen molar-refractivity contribution in [3.63, 3.8) is 0 Å². The van der Waals surface area contributed by atoms with E-state index in [4.69, 9.17) is 9.47 Å². The molecule has 2 saturated heterocycles. The molecule has 1 saturated carbocycles. The Kier molecular flexibility index (Phi) is 11.2. The Hall–Kier alpha value is -3.54. The van der Waals surface area contributed by atoms with Crippen LogP contribution in [0, 0.1) is 17.2 Å². The standard InChI is InChI=1S/C35H52FN7O4/c1-23(2)43(24(3)4)33(44)29-19-27(36)7-8-30(29)47-32-31(37-22-38-40-32)42-16-11-26(21-42)20-41-17-14-35(15-18-41)12-9-28(10-13-35)39-34(45)46-25(5)6/h7-8,19,22-26,28H,9-18,20-21H2,1-6H3,(H,39,45)/t26-/m0/s1. The molecule has 5 rings (SSSR count). The first-order valence-electron chi connectivity index (χ1n) is 17.3. The summed E-state index contributed by atoms with van der Waals surface area (Å²) in [5.41, 5.74) is 0.531. The Bertz CT molecular complexity index is 1360. The molecule has 0 unspecified atom stereocenters. The van der Waals surface area contributed by atoms with Gasteiger partial charge in [-0.05, 0) is 129 Å². The number of nitrogens with zero attached hydrogens (tertiary/aromatic N) is 6. The molecule has 47 heavy (non-hydrogen) atoms. The van der Waals surface area contributed by atoms with Crippen molar-refractivity contribution in [3.05, 3.63) is 35.9 Å². The number of aromatic nitrogens is 3. The summed E-state index contributed by atoms with van der Waals surface area (Å²) in [7, 11) is 0. The zero-order valence-corrected chi connectivity index (χ0v) is 28.9. The lowest BCUT2D eigenvalue weighted by Crippen LogP contribution is -2.47. The average molecular weight is 654 g/mol. The number of anilines is 1. The van der Waals surface area contributed by atoms with Gasteiger partial charge in [0.05, 0.1) is 11.7 Å². The lowest BCUT2D eigenvalue weighted by molar-refractivity contribution is 0.0499. The summed E-state index contributed by atoms with van der Waals surface area (Å²) in [6.45, 7) is 16.3. The fourth-order valence-electron chi connectivity index (χ4n) is 7.65. The average Bonchev–Trinajstić information content (AvgIpc) is 3.48. The lowest BCUT2D eigenvalue weighted by Gasteiger charge is -2.46. The van der Waals surface area contributed by atoms with E-state index in [1.807, 2.05) is 41.5 Å². The van der Waals surface area contributed by atoms with Gasteiger partial charge in [0.2, 0.25) is 0 Å². The fraction of sp³-hybridized carbons (Fsp3) is 0.686. The summed E-state index contributed by atoms with van der Waals surface area (Å²) in [4.78, 5) is 36.6. The molecule has 1 aromatic carbocycles. The zero-order chi connectivity index (χ0) is 33.7. The van der Waals surface area contributed by atoms with Crippen LogP contribution in [0.3, 0.4) is 0 Å². The van der Waals surface area contributed by atoms with Crippen molar-refractivity contribution in [2.75, 3.05) is 37.6 Å². The van der Waals surface area contributed by atoms with E-state index in [-0.39, 0.29) is 53.4 Å². The van der Waals surface area contributed by atoms with Crippen LogP contribution in [-0.2, 0) is 4.74 Å². The van der Waals surface area contributed by atoms with Crippen LogP contribution in [0.15, 0.2) is 24.5 Å². The van der Waals surface area contributed by atoms with Gasteiger partial charge in [0.1, 0.15) is 17.9 Å². The molecule has 2 amide bonds. The number of hydrogen-bond donors (Lipinski definition) is 1. The minimum Gasteiger partial charge on any atom is -0.447 e. The quantitative estimate of drug-likeness (QED) is 0.328. The number of nitrogens with one attached hydrogen (secondary N) is 1. The van der Waals surface area contributed by atoms with Crippen LogP contribution in [0.2, 0.25) is 0 Å². The van der Waals surface area contributed by atoms with Gasteiger partial charge in [-0.1, -0.05) is 0 Å². The van der Waals surface area contributed by atoms with Crippen molar-refractivity contribution in [1.82, 2.24) is 30.3 Å². The topological polar surface area (TPSA) is 113 Å². The second-order valence-electron chi connectivity index (χ2n) is 14.5. The molecule has 3 heterocycles. The maximum Gasteiger partial charge on any atom is 0.407 e. The van der Waals surface area contributed by atoms with E-state index in [2.05, 4.69) is 30.3 Å². The van der Waals surface area contributed by atoms with Crippen LogP contribution in [0.25, 0.3) is 0 Å². The molecular formula is C35H52FN7O4. The van der Waals surface area contributed by atoms with E-state index in [9.17, 15) is 14.0 Å². The number of amides is 2. The van der Waals surface area contributed by atoms with Crippen molar-refractivity contribution in [2.45, 2.75) is 111 Å². The number of likely N-dealkylation sites (tertiary alicyclic amines) is 1. The number of halogens is 1. The van der Waals surface area contributed by atoms with E-state index in [0.717, 1.165) is 64.8 Å². The van der Waals surface area contributed by atoms with Gasteiger partial charge in [0.25, 0.3) is 11.8 Å². The van der Waals surface area contributed by atoms with Gasteiger partial charge in [-0.3, -0.25) is 4.79 Å². The van der Waals surface area contributed by atoms with Gasteiger partial charge in [-0.15, -0.1) is 10.2 Å². The van der Waals surface area contributed by atoms with Gasteiger partial charge >= 0.3 is 6.09 Å². The molecule has 2 aliphatic heterocycles. The molecule has 0 bridgehead atoms. The summed E-state index contributed by atoms with van der Waals surface area (Å²) in [6, 6.07) is 4.05. The normalized spacial score (nSPS) is 20.3. The molecule has 1 atom stereocenters. The smallest absolute Gasteiger partial charge is 0.407 e. The highest BCUT2D eigenvalue weighted by molar-refractivity contribution is 5.97. The van der Waals surface area contributed by atoms with Crippen LogP contribution in [-0.4, -0.2) is 93.9 Å². The number of carbonyl (C=O) groups excluding carboxylic acids is 2. The van der Waals surface area contributed by atoms with E-state index in [1.165, 1.54) is 37.4 Å². The molecule has 11 nitrogen and oxygen atoms in total. The number of alkyl carbamates (subject to hydrolysis) is 1. The Morgan fingerprint density at radius 2 is 1.72 bits per heavy atom. The Morgan fingerprint density at radius 3 is 2.38 bits per heavy atom. The van der Waals surface area contributed by atoms with Crippen LogP contribution >= 0.6 is 0 Å². The van der Waals surface area contributed by atoms with E-state index >= 15 is 0 Å². The maximum absolute atomic E-state index is 14.4. The van der Waals surface area contributed by atoms with Gasteiger partial charge < -0.3 is 29.5 Å². The highest BCUT2D eigenvalue weighted by atomic mass is 19.1. The first-order valence-corrected chi connectivity index (χ1v) is 17.3. The number of piperidine rings is 1. The SMILES string of the molecule is CC(C)OC(=O)NC1CCC2(CC1)CCN(C[C@@H]1CCN(c3ncnnc3Oc3ccc(F)cc3C(=O)N(C(C)C)C(C)C)C1)CC2. The molecule has 2 aromatic rings. The van der Waals surface area contributed by atoms with Gasteiger partial charge in [0, 0.05) is 37.8 Å². The largest absolute Gasteiger partial charge is 0.447 e. The molecular weight excluding hydrogens is 601 g/mol. The fourth-order valence-corrected chi connectivity index (χ4v) is 7.65. The number of ether oxygens (including phenoxy) is 2. The predicted octanol–water partition coefficient (Wildman–Crippen LogP) is 6.05. The van der Waals surface area contributed by atoms with Gasteiger partial charge in [-0.25, -0.2) is 14.2 Å². The van der Waals surface area contributed by atoms with Crippen molar-refractivity contribution in [3.8, 4) is 11.6 Å². The molecule has 1 aliphatic carbocycles. The van der Waals surface area contributed by atoms with Gasteiger partial charge in [-0.2, -0.15) is 0 Å². The van der Waals surface area contributed by atoms with Crippen molar-refractivity contribution >= 4 is 17.8 Å². The molecule has 0 radical (unpaired) electrons.